The average Bonchev–Trinajstić information content (AvgIpc) is 3.40. The predicted molar refractivity (Wildman–Crippen MR) is 130 cm³/mol. The molecule has 0 aliphatic carbocycles. The number of benzene rings is 1. The van der Waals surface area contributed by atoms with Gasteiger partial charge >= 0.3 is 6.03 Å². The molecule has 4 rings (SSSR count). The van der Waals surface area contributed by atoms with Gasteiger partial charge in [-0.1, -0.05) is 32.9 Å². The molecule has 0 spiro atoms. The standard InChI is InChI=1S/C24H31N7O2/c1-5-25-23(33)28-19-15-31-20(27-19)9-10-21(29-31)30-12-11-16(14-30)22(32)26-18-8-6-7-17(13-18)24(2,3)4/h6-10,13,15-16H,5,11-12,14H2,1-4H3,(H,26,32)(H2,25,28,33). The number of nitrogens with one attached hydrogen (secondary N) is 3. The van der Waals surface area contributed by atoms with Crippen molar-refractivity contribution in [1.29, 1.82) is 0 Å². The Morgan fingerprint density at radius 1 is 1.15 bits per heavy atom. The Morgan fingerprint density at radius 2 is 1.97 bits per heavy atom. The normalized spacial score (nSPS) is 16.1. The molecule has 3 aromatic rings. The average molecular weight is 450 g/mol. The molecule has 0 saturated carbocycles. The number of hydrogen-bond acceptors (Lipinski definition) is 5. The Kier molecular flexibility index (Phi) is 6.22. The van der Waals surface area contributed by atoms with Gasteiger partial charge in [0.25, 0.3) is 0 Å². The fourth-order valence-corrected chi connectivity index (χ4v) is 3.91. The lowest BCUT2D eigenvalue weighted by molar-refractivity contribution is -0.119. The minimum Gasteiger partial charge on any atom is -0.354 e. The Balaban J connectivity index is 1.41. The summed E-state index contributed by atoms with van der Waals surface area (Å²) < 4.78 is 1.64. The number of amides is 3. The molecule has 1 aliphatic heterocycles. The fraction of sp³-hybridized carbons (Fsp3) is 0.417. The van der Waals surface area contributed by atoms with E-state index in [0.717, 1.165) is 24.5 Å². The maximum atomic E-state index is 12.9. The minimum atomic E-state index is -0.303. The number of urea groups is 1. The van der Waals surface area contributed by atoms with E-state index >= 15 is 0 Å². The molecule has 0 radical (unpaired) electrons. The van der Waals surface area contributed by atoms with E-state index in [9.17, 15) is 9.59 Å². The molecular weight excluding hydrogens is 418 g/mol. The van der Waals surface area contributed by atoms with Crippen LogP contribution in [0.3, 0.4) is 0 Å². The highest BCUT2D eigenvalue weighted by atomic mass is 16.2. The zero-order valence-corrected chi connectivity index (χ0v) is 19.6. The topological polar surface area (TPSA) is 104 Å². The molecule has 174 valence electrons. The number of anilines is 3. The van der Waals surface area contributed by atoms with E-state index in [1.807, 2.05) is 37.3 Å². The van der Waals surface area contributed by atoms with Gasteiger partial charge < -0.3 is 15.5 Å². The number of hydrogen-bond donors (Lipinski definition) is 3. The Bertz CT molecular complexity index is 1170. The van der Waals surface area contributed by atoms with Gasteiger partial charge in [0, 0.05) is 25.3 Å². The summed E-state index contributed by atoms with van der Waals surface area (Å²) in [4.78, 5) is 31.1. The third-order valence-corrected chi connectivity index (χ3v) is 5.76. The fourth-order valence-electron chi connectivity index (χ4n) is 3.91. The van der Waals surface area contributed by atoms with Gasteiger partial charge in [-0.2, -0.15) is 0 Å². The van der Waals surface area contributed by atoms with Crippen molar-refractivity contribution in [3.05, 3.63) is 48.2 Å². The molecule has 2 aromatic heterocycles. The van der Waals surface area contributed by atoms with Crippen molar-refractivity contribution in [1.82, 2.24) is 19.9 Å². The van der Waals surface area contributed by atoms with Gasteiger partial charge in [0.15, 0.2) is 11.5 Å². The number of imidazole rings is 1. The molecule has 1 atom stereocenters. The highest BCUT2D eigenvalue weighted by Gasteiger charge is 2.29. The number of rotatable bonds is 5. The first-order chi connectivity index (χ1) is 15.7. The summed E-state index contributed by atoms with van der Waals surface area (Å²) in [5.41, 5.74) is 2.68. The zero-order chi connectivity index (χ0) is 23.6. The van der Waals surface area contributed by atoms with Crippen molar-refractivity contribution >= 4 is 34.9 Å². The molecule has 1 aromatic carbocycles. The number of aromatic nitrogens is 3. The van der Waals surface area contributed by atoms with Crippen molar-refractivity contribution in [2.45, 2.75) is 39.5 Å². The summed E-state index contributed by atoms with van der Waals surface area (Å²) in [6.45, 7) is 10.2. The van der Waals surface area contributed by atoms with E-state index < -0.39 is 0 Å². The molecule has 3 heterocycles. The first-order valence-electron chi connectivity index (χ1n) is 11.3. The number of carbonyl (C=O) groups is 2. The van der Waals surface area contributed by atoms with Gasteiger partial charge in [-0.3, -0.25) is 10.1 Å². The molecule has 3 amide bonds. The number of nitrogens with zero attached hydrogens (tertiary/aromatic N) is 4. The first kappa shape index (κ1) is 22.6. The van der Waals surface area contributed by atoms with Crippen molar-refractivity contribution in [2.75, 3.05) is 35.2 Å². The monoisotopic (exact) mass is 449 g/mol. The maximum Gasteiger partial charge on any atom is 0.320 e. The van der Waals surface area contributed by atoms with E-state index in [-0.39, 0.29) is 23.3 Å². The van der Waals surface area contributed by atoms with Crippen molar-refractivity contribution in [3.63, 3.8) is 0 Å². The molecule has 0 bridgehead atoms. The van der Waals surface area contributed by atoms with Crippen LogP contribution in [-0.2, 0) is 10.2 Å². The van der Waals surface area contributed by atoms with Crippen LogP contribution in [0.25, 0.3) is 5.65 Å². The molecule has 1 saturated heterocycles. The van der Waals surface area contributed by atoms with Crippen LogP contribution in [0, 0.1) is 5.92 Å². The minimum absolute atomic E-state index is 0.0255. The lowest BCUT2D eigenvalue weighted by Crippen LogP contribution is -2.28. The lowest BCUT2D eigenvalue weighted by atomic mass is 9.87. The third kappa shape index (κ3) is 5.24. The van der Waals surface area contributed by atoms with E-state index in [0.29, 0.717) is 24.6 Å². The SMILES string of the molecule is CCNC(=O)Nc1cn2nc(N3CCC(C(=O)Nc4cccc(C(C)(C)C)c4)C3)ccc2n1. The summed E-state index contributed by atoms with van der Waals surface area (Å²) >= 11 is 0. The number of carbonyl (C=O) groups excluding carboxylic acids is 2. The van der Waals surface area contributed by atoms with Gasteiger partial charge in [-0.05, 0) is 48.6 Å². The second-order valence-corrected chi connectivity index (χ2v) is 9.36. The Hall–Kier alpha value is -3.62. The van der Waals surface area contributed by atoms with Gasteiger partial charge in [0.2, 0.25) is 5.91 Å². The molecule has 1 aliphatic rings. The smallest absolute Gasteiger partial charge is 0.320 e. The second-order valence-electron chi connectivity index (χ2n) is 9.36. The van der Waals surface area contributed by atoms with Gasteiger partial charge in [-0.25, -0.2) is 14.3 Å². The van der Waals surface area contributed by atoms with Gasteiger partial charge in [0.05, 0.1) is 12.1 Å². The van der Waals surface area contributed by atoms with Crippen LogP contribution in [0.2, 0.25) is 0 Å². The first-order valence-corrected chi connectivity index (χ1v) is 11.3. The number of fused-ring (bicyclic) bond motifs is 1. The predicted octanol–water partition coefficient (Wildman–Crippen LogP) is 3.63. The van der Waals surface area contributed by atoms with Crippen LogP contribution >= 0.6 is 0 Å². The van der Waals surface area contributed by atoms with E-state index in [2.05, 4.69) is 57.8 Å². The Labute approximate surface area is 193 Å². The summed E-state index contributed by atoms with van der Waals surface area (Å²) in [7, 11) is 0. The van der Waals surface area contributed by atoms with Crippen LogP contribution in [0.4, 0.5) is 22.1 Å². The van der Waals surface area contributed by atoms with Crippen molar-refractivity contribution in [3.8, 4) is 0 Å². The lowest BCUT2D eigenvalue weighted by Gasteiger charge is -2.20. The largest absolute Gasteiger partial charge is 0.354 e. The summed E-state index contributed by atoms with van der Waals surface area (Å²) in [6.07, 6.45) is 2.44. The summed E-state index contributed by atoms with van der Waals surface area (Å²) in [6, 6.07) is 11.5. The van der Waals surface area contributed by atoms with Crippen LogP contribution in [0.15, 0.2) is 42.6 Å². The molecule has 9 heteroatoms. The second kappa shape index (κ2) is 9.09. The molecule has 9 nitrogen and oxygen atoms in total. The maximum absolute atomic E-state index is 12.9. The quantitative estimate of drug-likeness (QED) is 0.552. The Morgan fingerprint density at radius 3 is 2.73 bits per heavy atom. The van der Waals surface area contributed by atoms with Crippen LogP contribution in [-0.4, -0.2) is 46.2 Å². The van der Waals surface area contributed by atoms with Crippen LogP contribution in [0.1, 0.15) is 39.7 Å². The van der Waals surface area contributed by atoms with Crippen LogP contribution in [0.5, 0.6) is 0 Å². The summed E-state index contributed by atoms with van der Waals surface area (Å²) in [5, 5.41) is 13.1. The van der Waals surface area contributed by atoms with E-state index in [1.54, 1.807) is 10.7 Å². The van der Waals surface area contributed by atoms with E-state index in [4.69, 9.17) is 0 Å². The van der Waals surface area contributed by atoms with Crippen molar-refractivity contribution in [2.24, 2.45) is 5.92 Å². The summed E-state index contributed by atoms with van der Waals surface area (Å²) in [5.74, 6) is 1.12. The van der Waals surface area contributed by atoms with Crippen LogP contribution < -0.4 is 20.9 Å². The van der Waals surface area contributed by atoms with Gasteiger partial charge in [0.1, 0.15) is 5.82 Å². The molecule has 1 unspecified atom stereocenters. The van der Waals surface area contributed by atoms with Crippen molar-refractivity contribution < 1.29 is 9.59 Å². The third-order valence-electron chi connectivity index (χ3n) is 5.76. The zero-order valence-electron chi connectivity index (χ0n) is 19.6. The molecule has 3 N–H and O–H groups in total. The molecular formula is C24H31N7O2. The van der Waals surface area contributed by atoms with E-state index in [1.165, 1.54) is 5.56 Å². The highest BCUT2D eigenvalue weighted by Crippen LogP contribution is 2.27. The van der Waals surface area contributed by atoms with Gasteiger partial charge in [-0.15, -0.1) is 5.10 Å². The highest BCUT2D eigenvalue weighted by molar-refractivity contribution is 5.93. The molecule has 1 fully saturated rings. The molecule has 33 heavy (non-hydrogen) atoms.